The standard InChI is InChI=1S/C22H22ClN3OS2/c1-4-5-12-26-20(27)19(21-25(3)17-8-6-7-9-18(17)28-21)29-22(26)24-15-11-10-14(2)16(23)13-15/h6-11,13H,4-5,12H2,1-3H3/b21-19-,24-22?. The predicted molar refractivity (Wildman–Crippen MR) is 125 cm³/mol. The lowest BCUT2D eigenvalue weighted by atomic mass is 10.2. The third-order valence-electron chi connectivity index (χ3n) is 4.91. The summed E-state index contributed by atoms with van der Waals surface area (Å²) in [5.41, 5.74) is 2.90. The maximum Gasteiger partial charge on any atom is 0.269 e. The van der Waals surface area contributed by atoms with Crippen LogP contribution in [-0.2, 0) is 4.79 Å². The molecule has 0 N–H and O–H groups in total. The molecule has 0 saturated carbocycles. The molecule has 4 nitrogen and oxygen atoms in total. The first-order valence-electron chi connectivity index (χ1n) is 9.59. The molecule has 4 rings (SSSR count). The second kappa shape index (κ2) is 8.46. The first-order valence-corrected chi connectivity index (χ1v) is 11.6. The number of nitrogens with zero attached hydrogens (tertiary/aromatic N) is 3. The van der Waals surface area contributed by atoms with Crippen molar-refractivity contribution in [3.63, 3.8) is 0 Å². The summed E-state index contributed by atoms with van der Waals surface area (Å²) in [5.74, 6) is 0.0302. The fraction of sp³-hybridized carbons (Fsp3) is 0.273. The van der Waals surface area contributed by atoms with Crippen molar-refractivity contribution in [2.45, 2.75) is 31.6 Å². The van der Waals surface area contributed by atoms with E-state index in [2.05, 4.69) is 24.0 Å². The van der Waals surface area contributed by atoms with Gasteiger partial charge in [0.1, 0.15) is 4.91 Å². The summed E-state index contributed by atoms with van der Waals surface area (Å²) < 4.78 is 0. The fourth-order valence-electron chi connectivity index (χ4n) is 3.19. The van der Waals surface area contributed by atoms with Crippen molar-refractivity contribution in [1.82, 2.24) is 4.90 Å². The van der Waals surface area contributed by atoms with Crippen molar-refractivity contribution >= 4 is 57.6 Å². The number of aryl methyl sites for hydroxylation is 1. The maximum absolute atomic E-state index is 13.3. The average Bonchev–Trinajstić information content (AvgIpc) is 3.20. The fourth-order valence-corrected chi connectivity index (χ4v) is 5.74. The minimum atomic E-state index is 0.0302. The molecular formula is C22H22ClN3OS2. The Morgan fingerprint density at radius 2 is 1.93 bits per heavy atom. The molecule has 1 fully saturated rings. The van der Waals surface area contributed by atoms with E-state index >= 15 is 0 Å². The Morgan fingerprint density at radius 1 is 1.14 bits per heavy atom. The van der Waals surface area contributed by atoms with Crippen LogP contribution in [0.15, 0.2) is 62.3 Å². The third kappa shape index (κ3) is 3.93. The van der Waals surface area contributed by atoms with E-state index in [1.807, 2.05) is 49.2 Å². The van der Waals surface area contributed by atoms with Crippen LogP contribution in [0, 0.1) is 6.92 Å². The molecule has 0 spiro atoms. The molecule has 2 aliphatic rings. The lowest BCUT2D eigenvalue weighted by Gasteiger charge is -2.16. The number of fused-ring (bicyclic) bond motifs is 1. The minimum absolute atomic E-state index is 0.0302. The van der Waals surface area contributed by atoms with Crippen LogP contribution in [0.25, 0.3) is 0 Å². The number of hydrogen-bond donors (Lipinski definition) is 0. The van der Waals surface area contributed by atoms with Crippen molar-refractivity contribution in [2.75, 3.05) is 18.5 Å². The highest BCUT2D eigenvalue weighted by atomic mass is 35.5. The average molecular weight is 444 g/mol. The zero-order chi connectivity index (χ0) is 20.5. The van der Waals surface area contributed by atoms with Gasteiger partial charge in [0, 0.05) is 23.5 Å². The van der Waals surface area contributed by atoms with Crippen LogP contribution in [0.3, 0.4) is 0 Å². The first kappa shape index (κ1) is 20.4. The largest absolute Gasteiger partial charge is 0.337 e. The van der Waals surface area contributed by atoms with Gasteiger partial charge in [-0.05, 0) is 54.9 Å². The molecule has 0 radical (unpaired) electrons. The van der Waals surface area contributed by atoms with E-state index in [1.54, 1.807) is 11.8 Å². The number of para-hydroxylation sites is 1. The number of amidine groups is 1. The second-order valence-corrected chi connectivity index (χ2v) is 9.42. The van der Waals surface area contributed by atoms with Crippen molar-refractivity contribution in [1.29, 1.82) is 0 Å². The maximum atomic E-state index is 13.3. The first-order chi connectivity index (χ1) is 14.0. The van der Waals surface area contributed by atoms with Crippen LogP contribution in [0.2, 0.25) is 5.02 Å². The van der Waals surface area contributed by atoms with E-state index in [0.717, 1.165) is 44.9 Å². The number of carbonyl (C=O) groups excluding carboxylic acids is 1. The van der Waals surface area contributed by atoms with E-state index in [9.17, 15) is 4.79 Å². The summed E-state index contributed by atoms with van der Waals surface area (Å²) in [6.07, 6.45) is 1.95. The Morgan fingerprint density at radius 3 is 2.66 bits per heavy atom. The van der Waals surface area contributed by atoms with Gasteiger partial charge in [-0.15, -0.1) is 0 Å². The van der Waals surface area contributed by atoms with Crippen LogP contribution >= 0.6 is 35.1 Å². The number of anilines is 1. The number of benzene rings is 2. The molecule has 7 heteroatoms. The number of amides is 1. The molecule has 0 aliphatic carbocycles. The predicted octanol–water partition coefficient (Wildman–Crippen LogP) is 6.42. The van der Waals surface area contributed by atoms with Gasteiger partial charge in [0.25, 0.3) is 5.91 Å². The minimum Gasteiger partial charge on any atom is -0.337 e. The SMILES string of the molecule is CCCCN1C(=O)/C(=C2/Sc3ccccc3N2C)SC1=Nc1ccc(C)c(Cl)c1. The zero-order valence-corrected chi connectivity index (χ0v) is 19.0. The number of aliphatic imine (C=N–C) groups is 1. The van der Waals surface area contributed by atoms with E-state index in [0.29, 0.717) is 11.6 Å². The van der Waals surface area contributed by atoms with Gasteiger partial charge in [0.2, 0.25) is 0 Å². The molecule has 2 aromatic carbocycles. The molecule has 0 unspecified atom stereocenters. The summed E-state index contributed by atoms with van der Waals surface area (Å²) in [6.45, 7) is 4.76. The van der Waals surface area contributed by atoms with Crippen molar-refractivity contribution in [2.24, 2.45) is 4.99 Å². The van der Waals surface area contributed by atoms with Crippen LogP contribution in [0.4, 0.5) is 11.4 Å². The highest BCUT2D eigenvalue weighted by Gasteiger charge is 2.38. The summed E-state index contributed by atoms with van der Waals surface area (Å²) in [7, 11) is 2.01. The van der Waals surface area contributed by atoms with E-state index < -0.39 is 0 Å². The third-order valence-corrected chi connectivity index (χ3v) is 7.75. The van der Waals surface area contributed by atoms with Crippen LogP contribution in [-0.4, -0.2) is 29.6 Å². The molecule has 29 heavy (non-hydrogen) atoms. The molecule has 2 heterocycles. The molecule has 2 aliphatic heterocycles. The number of halogens is 1. The van der Waals surface area contributed by atoms with Crippen molar-refractivity contribution < 1.29 is 4.79 Å². The van der Waals surface area contributed by atoms with Gasteiger partial charge in [-0.25, -0.2) is 4.99 Å². The Kier molecular flexibility index (Phi) is 5.95. The number of unbranched alkanes of at least 4 members (excludes halogenated alkanes) is 1. The number of carbonyl (C=O) groups is 1. The van der Waals surface area contributed by atoms with Gasteiger partial charge in [-0.2, -0.15) is 0 Å². The quantitative estimate of drug-likeness (QED) is 0.510. The lowest BCUT2D eigenvalue weighted by Crippen LogP contribution is -2.30. The van der Waals surface area contributed by atoms with Gasteiger partial charge in [-0.1, -0.05) is 54.9 Å². The van der Waals surface area contributed by atoms with Gasteiger partial charge < -0.3 is 4.90 Å². The van der Waals surface area contributed by atoms with Crippen LogP contribution < -0.4 is 4.90 Å². The van der Waals surface area contributed by atoms with E-state index in [1.165, 1.54) is 16.7 Å². The second-order valence-electron chi connectivity index (χ2n) is 7.00. The summed E-state index contributed by atoms with van der Waals surface area (Å²) in [6, 6.07) is 14.0. The molecule has 1 amide bonds. The lowest BCUT2D eigenvalue weighted by molar-refractivity contribution is -0.122. The number of hydrogen-bond acceptors (Lipinski definition) is 5. The molecule has 2 aromatic rings. The summed E-state index contributed by atoms with van der Waals surface area (Å²) >= 11 is 9.37. The Labute approximate surface area is 185 Å². The summed E-state index contributed by atoms with van der Waals surface area (Å²) in [4.78, 5) is 23.9. The zero-order valence-electron chi connectivity index (χ0n) is 16.6. The summed E-state index contributed by atoms with van der Waals surface area (Å²) in [5, 5.41) is 2.37. The monoisotopic (exact) mass is 443 g/mol. The molecule has 0 bridgehead atoms. The molecular weight excluding hydrogens is 422 g/mol. The molecule has 150 valence electrons. The van der Waals surface area contributed by atoms with Gasteiger partial charge in [0.05, 0.1) is 16.4 Å². The molecule has 0 atom stereocenters. The highest BCUT2D eigenvalue weighted by Crippen LogP contribution is 2.50. The Bertz CT molecular complexity index is 1030. The van der Waals surface area contributed by atoms with E-state index in [4.69, 9.17) is 16.6 Å². The van der Waals surface area contributed by atoms with Crippen LogP contribution in [0.5, 0.6) is 0 Å². The smallest absolute Gasteiger partial charge is 0.269 e. The normalized spacial score (nSPS) is 20.1. The topological polar surface area (TPSA) is 35.9 Å². The Hall–Kier alpha value is -1.89. The van der Waals surface area contributed by atoms with Crippen molar-refractivity contribution in [3.8, 4) is 0 Å². The highest BCUT2D eigenvalue weighted by molar-refractivity contribution is 8.19. The van der Waals surface area contributed by atoms with Gasteiger partial charge in [0.15, 0.2) is 5.17 Å². The molecule has 0 aromatic heterocycles. The van der Waals surface area contributed by atoms with Crippen LogP contribution in [0.1, 0.15) is 25.3 Å². The number of rotatable bonds is 4. The Balaban J connectivity index is 1.72. The molecule has 1 saturated heterocycles. The van der Waals surface area contributed by atoms with E-state index in [-0.39, 0.29) is 5.91 Å². The van der Waals surface area contributed by atoms with Gasteiger partial charge in [-0.3, -0.25) is 9.69 Å². The number of thioether (sulfide) groups is 2. The van der Waals surface area contributed by atoms with Crippen molar-refractivity contribution in [3.05, 3.63) is 63.0 Å². The van der Waals surface area contributed by atoms with Gasteiger partial charge >= 0.3 is 0 Å².